The van der Waals surface area contributed by atoms with E-state index >= 15 is 0 Å². The van der Waals surface area contributed by atoms with Gasteiger partial charge < -0.3 is 29.3 Å². The van der Waals surface area contributed by atoms with E-state index in [0.717, 1.165) is 17.7 Å². The van der Waals surface area contributed by atoms with Crippen molar-refractivity contribution in [2.45, 2.75) is 62.4 Å². The van der Waals surface area contributed by atoms with Crippen LogP contribution in [0.1, 0.15) is 37.8 Å². The van der Waals surface area contributed by atoms with Gasteiger partial charge in [0.25, 0.3) is 0 Å². The Bertz CT molecular complexity index is 1060. The second-order valence-corrected chi connectivity index (χ2v) is 9.10. The van der Waals surface area contributed by atoms with Crippen LogP contribution in [0.15, 0.2) is 36.1 Å². The number of aromatic hydroxyl groups is 1. The summed E-state index contributed by atoms with van der Waals surface area (Å²) in [7, 11) is 2.01. The maximum absolute atomic E-state index is 12.7. The maximum Gasteiger partial charge on any atom is 0.352 e. The van der Waals surface area contributed by atoms with Crippen molar-refractivity contribution in [1.29, 1.82) is 0 Å². The number of benzene rings is 1. The summed E-state index contributed by atoms with van der Waals surface area (Å²) in [5.74, 6) is -0.718. The number of hydrogen-bond acceptors (Lipinski definition) is 8. The molecule has 0 radical (unpaired) electrons. The molecule has 0 aromatic heterocycles. The summed E-state index contributed by atoms with van der Waals surface area (Å²) in [5, 5.41) is 22.6. The summed E-state index contributed by atoms with van der Waals surface area (Å²) in [6, 6.07) is 3.38. The zero-order valence-electron chi connectivity index (χ0n) is 18.3. The maximum atomic E-state index is 12.7. The lowest BCUT2D eigenvalue weighted by Gasteiger charge is -2.61. The third-order valence-electron chi connectivity index (χ3n) is 7.50. The molecule has 4 aliphatic rings. The van der Waals surface area contributed by atoms with E-state index in [4.69, 9.17) is 14.2 Å². The van der Waals surface area contributed by atoms with E-state index in [2.05, 4.69) is 4.90 Å². The Hall–Kier alpha value is -2.84. The Balaban J connectivity index is 1.53. The Labute approximate surface area is 186 Å². The van der Waals surface area contributed by atoms with E-state index in [0.29, 0.717) is 18.6 Å². The van der Waals surface area contributed by atoms with Crippen LogP contribution < -0.4 is 4.74 Å². The van der Waals surface area contributed by atoms with Gasteiger partial charge in [-0.05, 0) is 58.0 Å². The van der Waals surface area contributed by atoms with E-state index in [9.17, 15) is 19.8 Å². The number of aliphatic hydroxyl groups is 1. The Morgan fingerprint density at radius 2 is 2.16 bits per heavy atom. The number of carbonyl (C=O) groups excluding carboxylic acids is 2. The van der Waals surface area contributed by atoms with Crippen LogP contribution >= 0.6 is 0 Å². The van der Waals surface area contributed by atoms with Crippen LogP contribution in [0.25, 0.3) is 0 Å². The molecule has 0 amide bonds. The summed E-state index contributed by atoms with van der Waals surface area (Å²) < 4.78 is 17.0. The van der Waals surface area contributed by atoms with E-state index in [1.165, 1.54) is 19.1 Å². The Morgan fingerprint density at radius 3 is 2.91 bits per heavy atom. The number of esters is 2. The highest BCUT2D eigenvalue weighted by molar-refractivity contribution is 5.85. The number of ether oxygens (including phenoxy) is 3. The van der Waals surface area contributed by atoms with Gasteiger partial charge >= 0.3 is 11.9 Å². The van der Waals surface area contributed by atoms with Crippen molar-refractivity contribution in [2.24, 2.45) is 0 Å². The summed E-state index contributed by atoms with van der Waals surface area (Å²) in [5.41, 5.74) is -0.108. The van der Waals surface area contributed by atoms with Crippen LogP contribution in [-0.2, 0) is 30.9 Å². The van der Waals surface area contributed by atoms with Gasteiger partial charge in [-0.25, -0.2) is 9.59 Å². The van der Waals surface area contributed by atoms with Gasteiger partial charge in [0.15, 0.2) is 23.7 Å². The van der Waals surface area contributed by atoms with Gasteiger partial charge in [0, 0.05) is 24.1 Å². The topological polar surface area (TPSA) is 106 Å². The van der Waals surface area contributed by atoms with Gasteiger partial charge in [-0.15, -0.1) is 0 Å². The molecule has 2 aliphatic carbocycles. The number of allylic oxidation sites excluding steroid dienone is 1. The summed E-state index contributed by atoms with van der Waals surface area (Å²) in [6.07, 6.45) is 4.10. The van der Waals surface area contributed by atoms with Crippen molar-refractivity contribution in [1.82, 2.24) is 4.90 Å². The lowest BCUT2D eigenvalue weighted by atomic mass is 9.50. The number of carbonyl (C=O) groups is 2. The number of phenols is 1. The predicted molar refractivity (Wildman–Crippen MR) is 113 cm³/mol. The van der Waals surface area contributed by atoms with Gasteiger partial charge in [-0.1, -0.05) is 12.1 Å². The van der Waals surface area contributed by atoms with Crippen LogP contribution in [0.3, 0.4) is 0 Å². The third-order valence-corrected chi connectivity index (χ3v) is 7.50. The number of likely N-dealkylation sites (tertiary alicyclic amines) is 1. The van der Waals surface area contributed by atoms with E-state index in [1.807, 2.05) is 13.1 Å². The minimum Gasteiger partial charge on any atom is -0.504 e. The van der Waals surface area contributed by atoms with E-state index < -0.39 is 35.2 Å². The normalized spacial score (nSPS) is 33.2. The zero-order chi connectivity index (χ0) is 22.8. The van der Waals surface area contributed by atoms with Gasteiger partial charge in [0.05, 0.1) is 11.0 Å². The van der Waals surface area contributed by atoms with Crippen LogP contribution in [0.5, 0.6) is 11.5 Å². The van der Waals surface area contributed by atoms with Crippen molar-refractivity contribution in [3.8, 4) is 11.5 Å². The minimum absolute atomic E-state index is 0.00609. The molecular weight excluding hydrogens is 414 g/mol. The molecule has 1 fully saturated rings. The summed E-state index contributed by atoms with van der Waals surface area (Å²) in [6.45, 7) is 3.86. The number of likely N-dealkylation sites (N-methyl/N-ethyl adjacent to an activating group) is 1. The molecule has 8 heteroatoms. The van der Waals surface area contributed by atoms with Gasteiger partial charge in [-0.2, -0.15) is 0 Å². The SMILES string of the molecule is C/C=C/C(=O)O[C@@H](C)C(=O)OC1=CC[C@@]2(O)[C@H]3Cc4ccc(O)c5c4C2(CCN3C)C1O5. The van der Waals surface area contributed by atoms with Crippen molar-refractivity contribution < 1.29 is 34.0 Å². The molecule has 1 saturated heterocycles. The monoisotopic (exact) mass is 441 g/mol. The van der Waals surface area contributed by atoms with Gasteiger partial charge in [0.1, 0.15) is 5.76 Å². The van der Waals surface area contributed by atoms with Crippen LogP contribution in [0.4, 0.5) is 0 Å². The highest BCUT2D eigenvalue weighted by Crippen LogP contribution is 2.65. The molecule has 2 bridgehead atoms. The standard InChI is InChI=1S/C24H27NO7/c1-4-5-18(27)30-13(2)22(28)31-16-8-9-24(29)17-12-14-6-7-15(26)20-19(14)23(24,21(16)32-20)10-11-25(17)3/h4-8,13,17,21,26,29H,9-12H2,1-3H3/b5-4+/t13-,17+,21?,23?,24+/m0/s1. The molecule has 32 heavy (non-hydrogen) atoms. The van der Waals surface area contributed by atoms with Gasteiger partial charge in [-0.3, -0.25) is 0 Å². The van der Waals surface area contributed by atoms with Crippen molar-refractivity contribution >= 4 is 11.9 Å². The first-order valence-electron chi connectivity index (χ1n) is 10.9. The first kappa shape index (κ1) is 21.0. The van der Waals surface area contributed by atoms with Crippen LogP contribution in [0, 0.1) is 0 Å². The highest BCUT2D eigenvalue weighted by atomic mass is 16.6. The molecule has 2 N–H and O–H groups in total. The minimum atomic E-state index is -1.13. The molecule has 2 aliphatic heterocycles. The second-order valence-electron chi connectivity index (χ2n) is 9.10. The molecule has 2 unspecified atom stereocenters. The molecule has 1 aromatic rings. The van der Waals surface area contributed by atoms with E-state index in [-0.39, 0.29) is 24.0 Å². The average molecular weight is 441 g/mol. The first-order chi connectivity index (χ1) is 15.2. The summed E-state index contributed by atoms with van der Waals surface area (Å²) >= 11 is 0. The number of nitrogens with zero attached hydrogens (tertiary/aromatic N) is 1. The van der Waals surface area contributed by atoms with Gasteiger partial charge in [0.2, 0.25) is 0 Å². The van der Waals surface area contributed by atoms with Crippen LogP contribution in [-0.4, -0.2) is 64.5 Å². The number of phenolic OH excluding ortho intramolecular Hbond substituents is 1. The second kappa shape index (κ2) is 7.08. The van der Waals surface area contributed by atoms with Crippen molar-refractivity contribution in [3.05, 3.63) is 47.2 Å². The molecule has 5 rings (SSSR count). The summed E-state index contributed by atoms with van der Waals surface area (Å²) in [4.78, 5) is 26.6. The van der Waals surface area contributed by atoms with E-state index in [1.54, 1.807) is 19.1 Å². The average Bonchev–Trinajstić information content (AvgIpc) is 3.10. The number of hydrogen-bond donors (Lipinski definition) is 2. The zero-order valence-corrected chi connectivity index (χ0v) is 18.3. The lowest BCUT2D eigenvalue weighted by molar-refractivity contribution is -0.174. The first-order valence-corrected chi connectivity index (χ1v) is 10.9. The van der Waals surface area contributed by atoms with Crippen molar-refractivity contribution in [2.75, 3.05) is 13.6 Å². The quantitative estimate of drug-likeness (QED) is 0.538. The molecule has 170 valence electrons. The lowest BCUT2D eigenvalue weighted by Crippen LogP contribution is -2.74. The molecule has 1 spiro atoms. The van der Waals surface area contributed by atoms with Crippen LogP contribution in [0.2, 0.25) is 0 Å². The highest BCUT2D eigenvalue weighted by Gasteiger charge is 2.72. The molecule has 0 saturated carbocycles. The number of rotatable bonds is 4. The molecular formula is C24H27NO7. The fraction of sp³-hybridized carbons (Fsp3) is 0.500. The predicted octanol–water partition coefficient (Wildman–Crippen LogP) is 1.72. The van der Waals surface area contributed by atoms with Crippen molar-refractivity contribution in [3.63, 3.8) is 0 Å². The fourth-order valence-corrected chi connectivity index (χ4v) is 6.03. The molecule has 8 nitrogen and oxygen atoms in total. The fourth-order valence-electron chi connectivity index (χ4n) is 6.03. The Kier molecular flexibility index (Phi) is 4.65. The molecule has 2 heterocycles. The third kappa shape index (κ3) is 2.62. The molecule has 5 atom stereocenters. The largest absolute Gasteiger partial charge is 0.504 e. The smallest absolute Gasteiger partial charge is 0.352 e. The molecule has 1 aromatic carbocycles. The number of piperidine rings is 1. The Morgan fingerprint density at radius 1 is 1.38 bits per heavy atom.